The number of hydrogen-bond donors (Lipinski definition) is 3. The van der Waals surface area contributed by atoms with Crippen LogP contribution >= 0.6 is 0 Å². The first-order valence-corrected chi connectivity index (χ1v) is 5.84. The van der Waals surface area contributed by atoms with E-state index in [9.17, 15) is 9.59 Å². The average Bonchev–Trinajstić information content (AvgIpc) is 2.98. The molecule has 6 nitrogen and oxygen atoms in total. The molecule has 0 aromatic heterocycles. The minimum absolute atomic E-state index is 0.0129. The van der Waals surface area contributed by atoms with Crippen LogP contribution in [0.3, 0.4) is 0 Å². The molecule has 0 aromatic rings. The second-order valence-corrected chi connectivity index (χ2v) is 5.37. The molecule has 0 aliphatic heterocycles. The Hall–Kier alpha value is -1.14. The summed E-state index contributed by atoms with van der Waals surface area (Å²) in [4.78, 5) is 24.9. The van der Waals surface area contributed by atoms with Crippen molar-refractivity contribution in [2.75, 3.05) is 20.1 Å². The van der Waals surface area contributed by atoms with E-state index < -0.39 is 5.41 Å². The molecule has 0 aromatic carbocycles. The molecule has 1 fully saturated rings. The van der Waals surface area contributed by atoms with Crippen molar-refractivity contribution in [3.05, 3.63) is 0 Å². The summed E-state index contributed by atoms with van der Waals surface area (Å²) < 4.78 is 0. The molecular formula is C11H22N4O2. The summed E-state index contributed by atoms with van der Waals surface area (Å²) in [5.74, 6) is 4.90. The Bertz CT molecular complexity index is 300. The second kappa shape index (κ2) is 5.46. The van der Waals surface area contributed by atoms with Crippen molar-refractivity contribution in [1.82, 2.24) is 15.6 Å². The number of hydrogen-bond acceptors (Lipinski definition) is 4. The Morgan fingerprint density at radius 1 is 1.41 bits per heavy atom. The SMILES string of the molecule is CN(CC(=O)NC1CC1)CC(C)(C)C(=O)NN. The molecule has 98 valence electrons. The van der Waals surface area contributed by atoms with Crippen molar-refractivity contribution in [1.29, 1.82) is 0 Å². The van der Waals surface area contributed by atoms with E-state index in [0.29, 0.717) is 19.1 Å². The molecule has 0 heterocycles. The number of likely N-dealkylation sites (N-methyl/N-ethyl adjacent to an activating group) is 1. The summed E-state index contributed by atoms with van der Waals surface area (Å²) in [6, 6.07) is 0.372. The molecule has 4 N–H and O–H groups in total. The van der Waals surface area contributed by atoms with Gasteiger partial charge in [0.1, 0.15) is 0 Å². The molecule has 2 amide bonds. The van der Waals surface area contributed by atoms with E-state index in [2.05, 4.69) is 10.7 Å². The molecule has 0 unspecified atom stereocenters. The van der Waals surface area contributed by atoms with E-state index in [-0.39, 0.29) is 11.8 Å². The smallest absolute Gasteiger partial charge is 0.240 e. The Morgan fingerprint density at radius 3 is 2.47 bits per heavy atom. The van der Waals surface area contributed by atoms with Gasteiger partial charge in [-0.15, -0.1) is 0 Å². The minimum atomic E-state index is -0.608. The van der Waals surface area contributed by atoms with Crippen LogP contribution in [-0.2, 0) is 9.59 Å². The zero-order chi connectivity index (χ0) is 13.1. The lowest BCUT2D eigenvalue weighted by molar-refractivity contribution is -0.131. The molecule has 1 rings (SSSR count). The first kappa shape index (κ1) is 13.9. The number of rotatable bonds is 6. The normalized spacial score (nSPS) is 15.8. The lowest BCUT2D eigenvalue weighted by atomic mass is 9.92. The van der Waals surface area contributed by atoms with E-state index in [1.807, 2.05) is 11.9 Å². The Kier molecular flexibility index (Phi) is 4.47. The minimum Gasteiger partial charge on any atom is -0.352 e. The summed E-state index contributed by atoms with van der Waals surface area (Å²) in [6.07, 6.45) is 2.16. The Morgan fingerprint density at radius 2 is 2.00 bits per heavy atom. The standard InChI is InChI=1S/C11H22N4O2/c1-11(2,10(17)14-12)7-15(3)6-9(16)13-8-4-5-8/h8H,4-7,12H2,1-3H3,(H,13,16)(H,14,17). The van der Waals surface area contributed by atoms with Crippen molar-refractivity contribution in [2.45, 2.75) is 32.7 Å². The van der Waals surface area contributed by atoms with E-state index in [1.165, 1.54) is 0 Å². The quantitative estimate of drug-likeness (QED) is 0.324. The maximum atomic E-state index is 11.6. The molecule has 17 heavy (non-hydrogen) atoms. The van der Waals surface area contributed by atoms with Crippen molar-refractivity contribution in [2.24, 2.45) is 11.3 Å². The van der Waals surface area contributed by atoms with Gasteiger partial charge >= 0.3 is 0 Å². The first-order valence-electron chi connectivity index (χ1n) is 5.84. The number of nitrogens with two attached hydrogens (primary N) is 1. The summed E-state index contributed by atoms with van der Waals surface area (Å²) in [7, 11) is 1.82. The van der Waals surface area contributed by atoms with Crippen LogP contribution in [0.2, 0.25) is 0 Å². The van der Waals surface area contributed by atoms with Crippen molar-refractivity contribution >= 4 is 11.8 Å². The number of hydrazine groups is 1. The molecule has 0 bridgehead atoms. The maximum Gasteiger partial charge on any atom is 0.240 e. The highest BCUT2D eigenvalue weighted by molar-refractivity contribution is 5.82. The topological polar surface area (TPSA) is 87.5 Å². The lowest BCUT2D eigenvalue weighted by Gasteiger charge is -2.28. The second-order valence-electron chi connectivity index (χ2n) is 5.37. The zero-order valence-corrected chi connectivity index (χ0v) is 10.7. The molecule has 0 radical (unpaired) electrons. The predicted octanol–water partition coefficient (Wildman–Crippen LogP) is -0.787. The van der Waals surface area contributed by atoms with Gasteiger partial charge < -0.3 is 5.32 Å². The van der Waals surface area contributed by atoms with Gasteiger partial charge in [0, 0.05) is 12.6 Å². The average molecular weight is 242 g/mol. The van der Waals surface area contributed by atoms with Crippen LogP contribution in [0.5, 0.6) is 0 Å². The zero-order valence-electron chi connectivity index (χ0n) is 10.7. The van der Waals surface area contributed by atoms with Crippen LogP contribution in [0.15, 0.2) is 0 Å². The molecule has 0 atom stereocenters. The highest BCUT2D eigenvalue weighted by Gasteiger charge is 2.29. The monoisotopic (exact) mass is 242 g/mol. The molecule has 0 saturated heterocycles. The third-order valence-electron chi connectivity index (χ3n) is 2.77. The van der Waals surface area contributed by atoms with Gasteiger partial charge in [-0.3, -0.25) is 19.9 Å². The first-order chi connectivity index (χ1) is 7.85. The number of amides is 2. The summed E-state index contributed by atoms with van der Waals surface area (Å²) >= 11 is 0. The van der Waals surface area contributed by atoms with Gasteiger partial charge in [-0.25, -0.2) is 5.84 Å². The van der Waals surface area contributed by atoms with Crippen molar-refractivity contribution in [3.8, 4) is 0 Å². The summed E-state index contributed by atoms with van der Waals surface area (Å²) in [5.41, 5.74) is 1.53. The number of carbonyl (C=O) groups is 2. The highest BCUT2D eigenvalue weighted by atomic mass is 16.2. The summed E-state index contributed by atoms with van der Waals surface area (Å²) in [6.45, 7) is 4.38. The van der Waals surface area contributed by atoms with Crippen LogP contribution in [0.25, 0.3) is 0 Å². The number of nitrogens with one attached hydrogen (secondary N) is 2. The van der Waals surface area contributed by atoms with Crippen molar-refractivity contribution < 1.29 is 9.59 Å². The molecule has 1 saturated carbocycles. The Balaban J connectivity index is 2.34. The Labute approximate surface area is 102 Å². The molecule has 0 spiro atoms. The van der Waals surface area contributed by atoms with E-state index >= 15 is 0 Å². The number of carbonyl (C=O) groups excluding carboxylic acids is 2. The third kappa shape index (κ3) is 4.70. The van der Waals surface area contributed by atoms with Crippen LogP contribution in [-0.4, -0.2) is 42.9 Å². The molecule has 6 heteroatoms. The van der Waals surface area contributed by atoms with Gasteiger partial charge in [-0.1, -0.05) is 0 Å². The van der Waals surface area contributed by atoms with Crippen LogP contribution in [0, 0.1) is 5.41 Å². The van der Waals surface area contributed by atoms with Crippen LogP contribution in [0.1, 0.15) is 26.7 Å². The predicted molar refractivity (Wildman–Crippen MR) is 64.8 cm³/mol. The van der Waals surface area contributed by atoms with Gasteiger partial charge in [-0.05, 0) is 33.7 Å². The lowest BCUT2D eigenvalue weighted by Crippen LogP contribution is -2.48. The highest BCUT2D eigenvalue weighted by Crippen LogP contribution is 2.19. The molecule has 1 aliphatic rings. The van der Waals surface area contributed by atoms with Crippen LogP contribution in [0.4, 0.5) is 0 Å². The number of nitrogens with zero attached hydrogens (tertiary/aromatic N) is 1. The van der Waals surface area contributed by atoms with Crippen LogP contribution < -0.4 is 16.6 Å². The van der Waals surface area contributed by atoms with Gasteiger partial charge in [0.25, 0.3) is 0 Å². The fourth-order valence-electron chi connectivity index (χ4n) is 1.74. The van der Waals surface area contributed by atoms with Gasteiger partial charge in [-0.2, -0.15) is 0 Å². The van der Waals surface area contributed by atoms with E-state index in [1.54, 1.807) is 13.8 Å². The van der Waals surface area contributed by atoms with Gasteiger partial charge in [0.05, 0.1) is 12.0 Å². The molecular weight excluding hydrogens is 220 g/mol. The summed E-state index contributed by atoms with van der Waals surface area (Å²) in [5, 5.41) is 2.91. The van der Waals surface area contributed by atoms with Gasteiger partial charge in [0.2, 0.25) is 11.8 Å². The largest absolute Gasteiger partial charge is 0.352 e. The van der Waals surface area contributed by atoms with Gasteiger partial charge in [0.15, 0.2) is 0 Å². The third-order valence-corrected chi connectivity index (χ3v) is 2.77. The fourth-order valence-corrected chi connectivity index (χ4v) is 1.74. The van der Waals surface area contributed by atoms with E-state index in [0.717, 1.165) is 12.8 Å². The van der Waals surface area contributed by atoms with Crippen molar-refractivity contribution in [3.63, 3.8) is 0 Å². The van der Waals surface area contributed by atoms with E-state index in [4.69, 9.17) is 5.84 Å². The molecule has 1 aliphatic carbocycles. The fraction of sp³-hybridized carbons (Fsp3) is 0.818. The maximum absolute atomic E-state index is 11.6.